The van der Waals surface area contributed by atoms with Crippen molar-refractivity contribution in [1.29, 1.82) is 0 Å². The lowest BCUT2D eigenvalue weighted by Gasteiger charge is -2.26. The number of piperidine rings is 1. The molecule has 124 valence electrons. The fraction of sp³-hybridized carbons (Fsp3) is 0.733. The zero-order valence-electron chi connectivity index (χ0n) is 13.3. The summed E-state index contributed by atoms with van der Waals surface area (Å²) in [6.45, 7) is 6.35. The molecule has 7 nitrogen and oxygen atoms in total. The Bertz CT molecular complexity index is 455. The maximum absolute atomic E-state index is 11.7. The van der Waals surface area contributed by atoms with Crippen molar-refractivity contribution in [2.75, 3.05) is 31.5 Å². The standard InChI is InChI=1S/C15H27N5O2/c1-13(21)5-6-16-15(22)18-14-11-17-20(12-14)10-9-19-7-3-2-4-8-19/h11-13,21H,2-10H2,1H3,(H2,16,18,22). The van der Waals surface area contributed by atoms with E-state index in [0.717, 1.165) is 13.1 Å². The molecule has 1 aliphatic rings. The number of aromatic nitrogens is 2. The Hall–Kier alpha value is -1.60. The fourth-order valence-electron chi connectivity index (χ4n) is 2.55. The van der Waals surface area contributed by atoms with E-state index >= 15 is 0 Å². The van der Waals surface area contributed by atoms with E-state index in [1.54, 1.807) is 13.1 Å². The lowest BCUT2D eigenvalue weighted by atomic mass is 10.1. The summed E-state index contributed by atoms with van der Waals surface area (Å²) in [5.74, 6) is 0. The summed E-state index contributed by atoms with van der Waals surface area (Å²) < 4.78 is 1.86. The molecular formula is C15H27N5O2. The van der Waals surface area contributed by atoms with E-state index in [0.29, 0.717) is 18.7 Å². The highest BCUT2D eigenvalue weighted by atomic mass is 16.3. The van der Waals surface area contributed by atoms with Crippen LogP contribution in [0.1, 0.15) is 32.6 Å². The number of rotatable bonds is 7. The van der Waals surface area contributed by atoms with E-state index in [2.05, 4.69) is 20.6 Å². The third kappa shape index (κ3) is 6.03. The van der Waals surface area contributed by atoms with Crippen LogP contribution >= 0.6 is 0 Å². The first-order valence-corrected chi connectivity index (χ1v) is 8.11. The summed E-state index contributed by atoms with van der Waals surface area (Å²) in [6, 6.07) is -0.267. The van der Waals surface area contributed by atoms with Gasteiger partial charge in [0.25, 0.3) is 0 Å². The van der Waals surface area contributed by atoms with Crippen LogP contribution in [-0.2, 0) is 6.54 Å². The Morgan fingerprint density at radius 3 is 2.86 bits per heavy atom. The third-order valence-electron chi connectivity index (χ3n) is 3.83. The van der Waals surface area contributed by atoms with Crippen LogP contribution in [0.3, 0.4) is 0 Å². The maximum atomic E-state index is 11.7. The first kappa shape index (κ1) is 16.8. The Labute approximate surface area is 131 Å². The molecule has 2 amide bonds. The summed E-state index contributed by atoms with van der Waals surface area (Å²) >= 11 is 0. The van der Waals surface area contributed by atoms with Gasteiger partial charge in [-0.25, -0.2) is 4.79 Å². The van der Waals surface area contributed by atoms with Crippen LogP contribution in [0.15, 0.2) is 12.4 Å². The van der Waals surface area contributed by atoms with Crippen LogP contribution < -0.4 is 10.6 Å². The Kier molecular flexibility index (Phi) is 6.67. The van der Waals surface area contributed by atoms with Crippen molar-refractivity contribution >= 4 is 11.7 Å². The average molecular weight is 309 g/mol. The summed E-state index contributed by atoms with van der Waals surface area (Å²) in [4.78, 5) is 14.1. The Morgan fingerprint density at radius 2 is 2.14 bits per heavy atom. The molecule has 3 N–H and O–H groups in total. The molecule has 0 saturated carbocycles. The van der Waals surface area contributed by atoms with Crippen molar-refractivity contribution in [1.82, 2.24) is 20.0 Å². The van der Waals surface area contributed by atoms with E-state index < -0.39 is 6.10 Å². The second-order valence-corrected chi connectivity index (χ2v) is 5.91. The molecule has 2 heterocycles. The summed E-state index contributed by atoms with van der Waals surface area (Å²) in [5.41, 5.74) is 0.688. The van der Waals surface area contributed by atoms with Crippen LogP contribution in [0, 0.1) is 0 Å². The number of hydrogen-bond donors (Lipinski definition) is 3. The monoisotopic (exact) mass is 309 g/mol. The van der Waals surface area contributed by atoms with Gasteiger partial charge in [0.2, 0.25) is 0 Å². The van der Waals surface area contributed by atoms with Crippen molar-refractivity contribution in [2.24, 2.45) is 0 Å². The van der Waals surface area contributed by atoms with Crippen molar-refractivity contribution in [3.8, 4) is 0 Å². The van der Waals surface area contributed by atoms with Gasteiger partial charge in [0, 0.05) is 19.3 Å². The van der Waals surface area contributed by atoms with Crippen LogP contribution in [0.4, 0.5) is 10.5 Å². The molecule has 1 aromatic heterocycles. The molecular weight excluding hydrogens is 282 g/mol. The molecule has 0 bridgehead atoms. The number of amides is 2. The molecule has 1 unspecified atom stereocenters. The number of carbonyl (C=O) groups excluding carboxylic acids is 1. The van der Waals surface area contributed by atoms with E-state index in [1.807, 2.05) is 10.9 Å². The highest BCUT2D eigenvalue weighted by Crippen LogP contribution is 2.09. The van der Waals surface area contributed by atoms with E-state index in [-0.39, 0.29) is 6.03 Å². The highest BCUT2D eigenvalue weighted by Gasteiger charge is 2.10. The minimum absolute atomic E-state index is 0.267. The van der Waals surface area contributed by atoms with Crippen LogP contribution in [0.2, 0.25) is 0 Å². The van der Waals surface area contributed by atoms with E-state index in [9.17, 15) is 4.79 Å². The number of hydrogen-bond acceptors (Lipinski definition) is 4. The van der Waals surface area contributed by atoms with Gasteiger partial charge in [-0.3, -0.25) is 4.68 Å². The van der Waals surface area contributed by atoms with Gasteiger partial charge in [0.1, 0.15) is 0 Å². The van der Waals surface area contributed by atoms with Crippen molar-refractivity contribution in [2.45, 2.75) is 45.3 Å². The maximum Gasteiger partial charge on any atom is 0.319 e. The van der Waals surface area contributed by atoms with Crippen LogP contribution in [0.5, 0.6) is 0 Å². The summed E-state index contributed by atoms with van der Waals surface area (Å²) in [7, 11) is 0. The number of nitrogens with one attached hydrogen (secondary N) is 2. The number of likely N-dealkylation sites (tertiary alicyclic amines) is 1. The van der Waals surface area contributed by atoms with Gasteiger partial charge in [0.05, 0.1) is 24.5 Å². The van der Waals surface area contributed by atoms with Gasteiger partial charge in [-0.15, -0.1) is 0 Å². The SMILES string of the molecule is CC(O)CCNC(=O)Nc1cnn(CCN2CCCCC2)c1. The Balaban J connectivity index is 1.68. The molecule has 7 heteroatoms. The molecule has 1 atom stereocenters. The average Bonchev–Trinajstić information content (AvgIpc) is 2.93. The molecule has 2 rings (SSSR count). The largest absolute Gasteiger partial charge is 0.393 e. The third-order valence-corrected chi connectivity index (χ3v) is 3.83. The van der Waals surface area contributed by atoms with Gasteiger partial charge in [-0.05, 0) is 39.3 Å². The first-order chi connectivity index (χ1) is 10.6. The zero-order chi connectivity index (χ0) is 15.8. The van der Waals surface area contributed by atoms with Gasteiger partial charge in [0.15, 0.2) is 0 Å². The number of urea groups is 1. The van der Waals surface area contributed by atoms with Gasteiger partial charge in [-0.2, -0.15) is 5.10 Å². The smallest absolute Gasteiger partial charge is 0.319 e. The van der Waals surface area contributed by atoms with E-state index in [4.69, 9.17) is 5.11 Å². The predicted molar refractivity (Wildman–Crippen MR) is 85.8 cm³/mol. The summed E-state index contributed by atoms with van der Waals surface area (Å²) in [5, 5.41) is 18.9. The second-order valence-electron chi connectivity index (χ2n) is 5.91. The first-order valence-electron chi connectivity index (χ1n) is 8.11. The number of nitrogens with zero attached hydrogens (tertiary/aromatic N) is 3. The second kappa shape index (κ2) is 8.75. The molecule has 0 radical (unpaired) electrons. The topological polar surface area (TPSA) is 82.4 Å². The molecule has 1 saturated heterocycles. The number of aliphatic hydroxyl groups is 1. The Morgan fingerprint density at radius 1 is 1.36 bits per heavy atom. The van der Waals surface area contributed by atoms with Crippen molar-refractivity contribution in [3.63, 3.8) is 0 Å². The number of anilines is 1. The quantitative estimate of drug-likeness (QED) is 0.708. The fourth-order valence-corrected chi connectivity index (χ4v) is 2.55. The lowest BCUT2D eigenvalue weighted by molar-refractivity contribution is 0.184. The van der Waals surface area contributed by atoms with Crippen molar-refractivity contribution < 1.29 is 9.90 Å². The van der Waals surface area contributed by atoms with Crippen molar-refractivity contribution in [3.05, 3.63) is 12.4 Å². The van der Waals surface area contributed by atoms with Crippen LogP contribution in [0.25, 0.3) is 0 Å². The molecule has 1 fully saturated rings. The van der Waals surface area contributed by atoms with Gasteiger partial charge in [-0.1, -0.05) is 6.42 Å². The van der Waals surface area contributed by atoms with E-state index in [1.165, 1.54) is 32.4 Å². The number of carbonyl (C=O) groups is 1. The minimum Gasteiger partial charge on any atom is -0.393 e. The van der Waals surface area contributed by atoms with Gasteiger partial charge >= 0.3 is 6.03 Å². The highest BCUT2D eigenvalue weighted by molar-refractivity contribution is 5.88. The molecule has 22 heavy (non-hydrogen) atoms. The van der Waals surface area contributed by atoms with Crippen LogP contribution in [-0.4, -0.2) is 58.1 Å². The lowest BCUT2D eigenvalue weighted by Crippen LogP contribution is -2.32. The molecule has 0 aromatic carbocycles. The normalized spacial score (nSPS) is 17.2. The molecule has 0 spiro atoms. The zero-order valence-corrected chi connectivity index (χ0v) is 13.3. The number of aliphatic hydroxyl groups excluding tert-OH is 1. The van der Waals surface area contributed by atoms with Gasteiger partial charge < -0.3 is 20.6 Å². The predicted octanol–water partition coefficient (Wildman–Crippen LogP) is 1.26. The molecule has 1 aromatic rings. The molecule has 0 aliphatic carbocycles. The molecule has 1 aliphatic heterocycles. The summed E-state index contributed by atoms with van der Waals surface area (Å²) in [6.07, 6.45) is 7.57. The minimum atomic E-state index is -0.405.